The number of ketones is 1. The van der Waals surface area contributed by atoms with Gasteiger partial charge < -0.3 is 14.5 Å². The van der Waals surface area contributed by atoms with Gasteiger partial charge in [0.05, 0.1) is 24.1 Å². The van der Waals surface area contributed by atoms with Crippen LogP contribution >= 0.6 is 23.2 Å². The fourth-order valence-electron chi connectivity index (χ4n) is 4.13. The molecule has 12 heteroatoms. The lowest BCUT2D eigenvalue weighted by Crippen LogP contribution is -2.47. The van der Waals surface area contributed by atoms with Crippen LogP contribution in [0.3, 0.4) is 0 Å². The number of sulfonamides is 1. The molecule has 2 aromatic rings. The Morgan fingerprint density at radius 1 is 1.08 bits per heavy atom. The van der Waals surface area contributed by atoms with Crippen LogP contribution in [0.25, 0.3) is 0 Å². The molecule has 0 unspecified atom stereocenters. The van der Waals surface area contributed by atoms with E-state index in [1.807, 2.05) is 0 Å². The summed E-state index contributed by atoms with van der Waals surface area (Å²) in [5, 5.41) is 3.32. The summed E-state index contributed by atoms with van der Waals surface area (Å²) in [4.78, 5) is 26.5. The maximum Gasteiger partial charge on any atom is 0.318 e. The fourth-order valence-corrected chi connectivity index (χ4v) is 7.12. The number of carbonyl (C=O) groups excluding carboxylic acids is 2. The number of halogens is 2. The number of Topliss-reactive ketones (excluding diaryl/α,β-unsaturated/α-hetero) is 1. The van der Waals surface area contributed by atoms with Crippen LogP contribution in [0, 0.1) is 5.92 Å². The molecule has 0 aromatic heterocycles. The Kier molecular flexibility index (Phi) is 9.94. The molecule has 0 saturated carbocycles. The smallest absolute Gasteiger partial charge is 0.318 e. The van der Waals surface area contributed by atoms with Gasteiger partial charge in [0.25, 0.3) is 0 Å². The first kappa shape index (κ1) is 31.6. The molecule has 1 aliphatic rings. The molecule has 0 spiro atoms. The first-order valence-electron chi connectivity index (χ1n) is 12.7. The Labute approximate surface area is 241 Å². The largest absolute Gasteiger partial charge is 0.544 e. The van der Waals surface area contributed by atoms with Crippen LogP contribution in [0.5, 0.6) is 5.75 Å². The Hall–Kier alpha value is -1.95. The molecule has 1 heterocycles. The number of esters is 1. The van der Waals surface area contributed by atoms with Gasteiger partial charge in [0, 0.05) is 10.0 Å². The molecular formula is C27H36Cl2N2O6SSi. The molecule has 1 saturated heterocycles. The second-order valence-corrected chi connectivity index (χ2v) is 18.5. The van der Waals surface area contributed by atoms with E-state index >= 15 is 0 Å². The van der Waals surface area contributed by atoms with Gasteiger partial charge in [-0.25, -0.2) is 13.1 Å². The highest BCUT2D eigenvalue weighted by atomic mass is 35.5. The van der Waals surface area contributed by atoms with Crippen molar-refractivity contribution in [1.82, 2.24) is 10.0 Å². The Morgan fingerprint density at radius 2 is 1.67 bits per heavy atom. The SMILES string of the molecule is COC(=O)[C@H](C(=O)[C@@H]1CCCN1)[C@H](NS(=O)(=O)c1cc(Cl)cc(Cl)c1)c1ccc(O[Si](C)(C)C(C)(C)C)cc1. The standard InChI is InChI=1S/C27H36Cl2N2O6SSi/c1-27(2,3)39(5,6)37-20-11-9-17(10-12-20)24(23(26(33)36-4)25(32)22-8-7-13-30-22)31-38(34,35)21-15-18(28)14-19(29)16-21/h9-12,14-16,22-24,30-31H,7-8,13H2,1-6H3/t22-,23-,24+/m0/s1. The summed E-state index contributed by atoms with van der Waals surface area (Å²) in [6.07, 6.45) is 1.30. The summed E-state index contributed by atoms with van der Waals surface area (Å²) in [5.41, 5.74) is 0.399. The van der Waals surface area contributed by atoms with Gasteiger partial charge in [-0.05, 0) is 73.4 Å². The molecule has 0 radical (unpaired) electrons. The molecule has 0 amide bonds. The first-order valence-corrected chi connectivity index (χ1v) is 17.8. The molecule has 2 aromatic carbocycles. The van der Waals surface area contributed by atoms with Crippen LogP contribution in [0.4, 0.5) is 0 Å². The normalized spacial score (nSPS) is 17.9. The zero-order valence-electron chi connectivity index (χ0n) is 23.0. The number of hydrogen-bond donors (Lipinski definition) is 2. The van der Waals surface area contributed by atoms with Gasteiger partial charge in [0.15, 0.2) is 5.78 Å². The summed E-state index contributed by atoms with van der Waals surface area (Å²) < 4.78 is 41.0. The van der Waals surface area contributed by atoms with Gasteiger partial charge in [-0.2, -0.15) is 0 Å². The summed E-state index contributed by atoms with van der Waals surface area (Å²) in [6, 6.07) is 8.80. The van der Waals surface area contributed by atoms with Crippen LogP contribution in [-0.2, 0) is 24.3 Å². The minimum Gasteiger partial charge on any atom is -0.544 e. The van der Waals surface area contributed by atoms with Crippen molar-refractivity contribution in [3.8, 4) is 5.75 Å². The van der Waals surface area contributed by atoms with E-state index in [0.29, 0.717) is 24.3 Å². The summed E-state index contributed by atoms with van der Waals surface area (Å²) in [6.45, 7) is 11.3. The van der Waals surface area contributed by atoms with Crippen molar-refractivity contribution >= 4 is 53.3 Å². The van der Waals surface area contributed by atoms with Crippen molar-refractivity contribution in [1.29, 1.82) is 0 Å². The number of benzene rings is 2. The number of nitrogens with one attached hydrogen (secondary N) is 2. The lowest BCUT2D eigenvalue weighted by atomic mass is 9.86. The zero-order chi connectivity index (χ0) is 29.2. The zero-order valence-corrected chi connectivity index (χ0v) is 26.3. The maximum absolute atomic E-state index is 13.6. The van der Waals surface area contributed by atoms with E-state index < -0.39 is 48.1 Å². The quantitative estimate of drug-likeness (QED) is 0.206. The highest BCUT2D eigenvalue weighted by Gasteiger charge is 2.43. The summed E-state index contributed by atoms with van der Waals surface area (Å²) in [7, 11) is -5.25. The van der Waals surface area contributed by atoms with E-state index in [-0.39, 0.29) is 20.0 Å². The van der Waals surface area contributed by atoms with Gasteiger partial charge in [-0.3, -0.25) is 9.59 Å². The van der Waals surface area contributed by atoms with Crippen molar-refractivity contribution < 1.29 is 27.2 Å². The monoisotopic (exact) mass is 614 g/mol. The molecule has 8 nitrogen and oxygen atoms in total. The van der Waals surface area contributed by atoms with Crippen molar-refractivity contribution in [2.75, 3.05) is 13.7 Å². The topological polar surface area (TPSA) is 111 Å². The second kappa shape index (κ2) is 12.3. The minimum atomic E-state index is -4.28. The van der Waals surface area contributed by atoms with Crippen molar-refractivity contribution in [2.24, 2.45) is 5.92 Å². The average molecular weight is 616 g/mol. The molecule has 0 aliphatic carbocycles. The third kappa shape index (κ3) is 7.62. The van der Waals surface area contributed by atoms with Crippen LogP contribution in [0.1, 0.15) is 45.2 Å². The molecule has 1 fully saturated rings. The van der Waals surface area contributed by atoms with Crippen LogP contribution in [0.15, 0.2) is 47.4 Å². The molecule has 39 heavy (non-hydrogen) atoms. The molecular weight excluding hydrogens is 579 g/mol. The second-order valence-electron chi connectivity index (χ2n) is 11.2. The minimum absolute atomic E-state index is 0.0290. The Bertz CT molecular complexity index is 1290. The van der Waals surface area contributed by atoms with Gasteiger partial charge in [-0.1, -0.05) is 56.1 Å². The van der Waals surface area contributed by atoms with Crippen molar-refractivity contribution in [3.05, 3.63) is 58.1 Å². The molecule has 0 bridgehead atoms. The predicted octanol–water partition coefficient (Wildman–Crippen LogP) is 5.51. The number of methoxy groups -OCH3 is 1. The van der Waals surface area contributed by atoms with Gasteiger partial charge in [0.1, 0.15) is 11.7 Å². The third-order valence-electron chi connectivity index (χ3n) is 7.35. The fraction of sp³-hybridized carbons (Fsp3) is 0.481. The average Bonchev–Trinajstić information content (AvgIpc) is 3.37. The Balaban J connectivity index is 2.07. The van der Waals surface area contributed by atoms with Gasteiger partial charge in [0.2, 0.25) is 18.3 Å². The Morgan fingerprint density at radius 3 is 2.15 bits per heavy atom. The van der Waals surface area contributed by atoms with E-state index in [2.05, 4.69) is 43.9 Å². The van der Waals surface area contributed by atoms with Crippen LogP contribution in [-0.4, -0.2) is 48.2 Å². The highest BCUT2D eigenvalue weighted by Crippen LogP contribution is 2.38. The van der Waals surface area contributed by atoms with Crippen LogP contribution in [0.2, 0.25) is 28.2 Å². The number of hydrogen-bond acceptors (Lipinski definition) is 7. The van der Waals surface area contributed by atoms with Crippen LogP contribution < -0.4 is 14.5 Å². The molecule has 2 N–H and O–H groups in total. The van der Waals surface area contributed by atoms with E-state index in [4.69, 9.17) is 32.4 Å². The molecule has 1 aliphatic heterocycles. The lowest BCUT2D eigenvalue weighted by Gasteiger charge is -2.36. The van der Waals surface area contributed by atoms with E-state index in [1.54, 1.807) is 24.3 Å². The van der Waals surface area contributed by atoms with Gasteiger partial charge >= 0.3 is 5.97 Å². The van der Waals surface area contributed by atoms with Crippen molar-refractivity contribution in [3.63, 3.8) is 0 Å². The number of ether oxygens (including phenoxy) is 1. The molecule has 3 rings (SSSR count). The van der Waals surface area contributed by atoms with E-state index in [0.717, 1.165) is 6.42 Å². The van der Waals surface area contributed by atoms with E-state index in [1.165, 1.54) is 25.3 Å². The van der Waals surface area contributed by atoms with Crippen molar-refractivity contribution in [2.45, 2.75) is 68.7 Å². The highest BCUT2D eigenvalue weighted by molar-refractivity contribution is 7.89. The van der Waals surface area contributed by atoms with E-state index in [9.17, 15) is 18.0 Å². The predicted molar refractivity (Wildman–Crippen MR) is 155 cm³/mol. The maximum atomic E-state index is 13.6. The first-order chi connectivity index (χ1) is 18.1. The third-order valence-corrected chi connectivity index (χ3v) is 13.6. The molecule has 214 valence electrons. The number of rotatable bonds is 10. The summed E-state index contributed by atoms with van der Waals surface area (Å²) >= 11 is 12.1. The number of carbonyl (C=O) groups is 2. The van der Waals surface area contributed by atoms with Gasteiger partial charge in [-0.15, -0.1) is 0 Å². The lowest BCUT2D eigenvalue weighted by molar-refractivity contribution is -0.151. The summed E-state index contributed by atoms with van der Waals surface area (Å²) in [5.74, 6) is -2.11. The molecule has 3 atom stereocenters.